The first-order valence-electron chi connectivity index (χ1n) is 7.34. The predicted molar refractivity (Wildman–Crippen MR) is 91.8 cm³/mol. The molecule has 0 aliphatic carbocycles. The van der Waals surface area contributed by atoms with Crippen molar-refractivity contribution in [3.05, 3.63) is 50.1 Å². The normalized spacial score (nSPS) is 8.87. The van der Waals surface area contributed by atoms with Crippen LogP contribution in [0.3, 0.4) is 0 Å². The summed E-state index contributed by atoms with van der Waals surface area (Å²) >= 11 is 0. The summed E-state index contributed by atoms with van der Waals surface area (Å²) < 4.78 is 25.4. The maximum atomic E-state index is 11.1. The molecule has 14 heteroatoms. The summed E-state index contributed by atoms with van der Waals surface area (Å²) in [4.78, 5) is 43.0. The summed E-state index contributed by atoms with van der Waals surface area (Å²) in [5, 5.41) is 33.3. The number of rotatable bonds is 12. The molecule has 4 N–H and O–H groups in total. The lowest BCUT2D eigenvalue weighted by Crippen LogP contribution is -2.14. The Morgan fingerprint density at radius 1 is 0.567 bits per heavy atom. The van der Waals surface area contributed by atoms with Crippen LogP contribution in [-0.2, 0) is 47.6 Å². The minimum Gasteiger partial charge on any atom is -0.481 e. The van der Waals surface area contributed by atoms with Gasteiger partial charge in [-0.3, -0.25) is 19.2 Å². The van der Waals surface area contributed by atoms with Crippen molar-refractivity contribution in [2.45, 2.75) is 12.8 Å². The molecule has 0 aromatic carbocycles. The first-order chi connectivity index (χ1) is 13.9. The predicted octanol–water partition coefficient (Wildman–Crippen LogP) is -0.141. The molecule has 0 aliphatic rings. The van der Waals surface area contributed by atoms with E-state index in [9.17, 15) is 19.2 Å². The topological polar surface area (TPSA) is 205 Å². The van der Waals surface area contributed by atoms with Gasteiger partial charge in [-0.2, -0.15) is 0 Å². The van der Waals surface area contributed by atoms with Gasteiger partial charge in [-0.15, -0.1) is 0 Å². The van der Waals surface area contributed by atoms with E-state index in [1.54, 1.807) is 0 Å². The molecule has 0 spiro atoms. The Balaban J connectivity index is 0. The van der Waals surface area contributed by atoms with Crippen LogP contribution in [0.5, 0.6) is 0 Å². The van der Waals surface area contributed by atoms with Gasteiger partial charge in [0.05, 0.1) is 0 Å². The Morgan fingerprint density at radius 3 is 1.13 bits per heavy atom. The van der Waals surface area contributed by atoms with E-state index in [4.69, 9.17) is 20.4 Å². The number of hydrogen-bond donors (Lipinski definition) is 4. The zero-order valence-electron chi connectivity index (χ0n) is 15.5. The summed E-state index contributed by atoms with van der Waals surface area (Å²) in [6, 6.07) is 0. The van der Waals surface area contributed by atoms with E-state index < -0.39 is 74.1 Å². The summed E-state index contributed by atoms with van der Waals surface area (Å²) in [5.74, 6) is -6.52. The monoisotopic (exact) mass is 436 g/mol. The molecule has 30 heavy (non-hydrogen) atoms. The van der Waals surface area contributed by atoms with Gasteiger partial charge in [0.2, 0.25) is 0 Å². The van der Waals surface area contributed by atoms with Gasteiger partial charge in [-0.25, -0.2) is 0 Å². The molecule has 168 valence electrons. The number of aliphatic hydroxyl groups excluding tert-OH is 4. The van der Waals surface area contributed by atoms with E-state index in [1.165, 1.54) is 0 Å². The van der Waals surface area contributed by atoms with E-state index in [-0.39, 0.29) is 0 Å². The van der Waals surface area contributed by atoms with Crippen LogP contribution in [-0.4, -0.2) is 57.9 Å². The zero-order valence-corrected chi connectivity index (χ0v) is 15.5. The van der Waals surface area contributed by atoms with Gasteiger partial charge in [0, 0.05) is 0 Å². The molecule has 14 nitrogen and oxygen atoms in total. The van der Waals surface area contributed by atoms with Crippen LogP contribution in [0.4, 0.5) is 0 Å². The van der Waals surface area contributed by atoms with Crippen molar-refractivity contribution in [3.8, 4) is 0 Å². The molecular formula is C16H20O14. The minimum atomic E-state index is -1.06. The van der Waals surface area contributed by atoms with E-state index in [0.717, 1.165) is 0 Å². The molecule has 0 atom stereocenters. The standard InChI is InChI=1S/C11H12O8.C5H8O6/c1-6(12)16-8(3)18-10(14)5-11(15)19-9(4)17-7(2)13;6-2-10-4(8)1-5(9)11-3-7/h12-13H,1-5H2;6-7H,1-3H2. The highest BCUT2D eigenvalue weighted by molar-refractivity contribution is 5.92. The second kappa shape index (κ2) is 16.0. The van der Waals surface area contributed by atoms with Crippen LogP contribution >= 0.6 is 0 Å². The lowest BCUT2D eigenvalue weighted by molar-refractivity contribution is -0.163. The molecule has 0 unspecified atom stereocenters. The third-order valence-corrected chi connectivity index (χ3v) is 1.95. The third-order valence-electron chi connectivity index (χ3n) is 1.95. The summed E-state index contributed by atoms with van der Waals surface area (Å²) in [5.41, 5.74) is 0. The summed E-state index contributed by atoms with van der Waals surface area (Å²) in [7, 11) is 0. The minimum absolute atomic E-state index is 0.566. The van der Waals surface area contributed by atoms with Crippen LogP contribution in [0.15, 0.2) is 50.1 Å². The highest BCUT2D eigenvalue weighted by Gasteiger charge is 2.16. The summed E-state index contributed by atoms with van der Waals surface area (Å²) in [6.07, 6.45) is -1.41. The highest BCUT2D eigenvalue weighted by Crippen LogP contribution is 2.06. The molecular weight excluding hydrogens is 416 g/mol. The van der Waals surface area contributed by atoms with Gasteiger partial charge < -0.3 is 48.8 Å². The highest BCUT2D eigenvalue weighted by atomic mass is 16.7. The number of esters is 4. The van der Waals surface area contributed by atoms with Gasteiger partial charge in [0.25, 0.3) is 23.8 Å². The van der Waals surface area contributed by atoms with Crippen LogP contribution < -0.4 is 0 Å². The molecule has 0 aromatic heterocycles. The van der Waals surface area contributed by atoms with Crippen molar-refractivity contribution >= 4 is 23.9 Å². The number of carbonyl (C=O) groups excluding carboxylic acids is 4. The quantitative estimate of drug-likeness (QED) is 0.103. The van der Waals surface area contributed by atoms with E-state index in [1.807, 2.05) is 0 Å². The fourth-order valence-electron chi connectivity index (χ4n) is 1.11. The van der Waals surface area contributed by atoms with Crippen molar-refractivity contribution in [3.63, 3.8) is 0 Å². The third kappa shape index (κ3) is 18.7. The number of ether oxygens (including phenoxy) is 6. The first kappa shape index (κ1) is 28.2. The Hall–Kier alpha value is -4.04. The van der Waals surface area contributed by atoms with Crippen LogP contribution in [0.1, 0.15) is 12.8 Å². The molecule has 0 saturated heterocycles. The zero-order chi connectivity index (χ0) is 23.7. The molecule has 0 heterocycles. The lowest BCUT2D eigenvalue weighted by Gasteiger charge is -2.08. The number of hydrogen-bond acceptors (Lipinski definition) is 14. The second-order valence-electron chi connectivity index (χ2n) is 4.33. The van der Waals surface area contributed by atoms with Gasteiger partial charge in [0.1, 0.15) is 12.8 Å². The molecule has 0 aliphatic heterocycles. The van der Waals surface area contributed by atoms with Gasteiger partial charge in [0.15, 0.2) is 13.6 Å². The van der Waals surface area contributed by atoms with Gasteiger partial charge in [-0.05, 0) is 26.3 Å². The Labute approximate surface area is 169 Å². The van der Waals surface area contributed by atoms with Crippen molar-refractivity contribution in [1.29, 1.82) is 0 Å². The van der Waals surface area contributed by atoms with Crippen LogP contribution in [0.2, 0.25) is 0 Å². The maximum Gasteiger partial charge on any atom is 0.324 e. The van der Waals surface area contributed by atoms with Crippen molar-refractivity contribution in [2.24, 2.45) is 0 Å². The first-order valence-corrected chi connectivity index (χ1v) is 7.34. The van der Waals surface area contributed by atoms with Crippen molar-refractivity contribution in [1.82, 2.24) is 0 Å². The largest absolute Gasteiger partial charge is 0.481 e. The number of aliphatic hydroxyl groups is 4. The van der Waals surface area contributed by atoms with Crippen molar-refractivity contribution in [2.75, 3.05) is 13.6 Å². The van der Waals surface area contributed by atoms with Crippen LogP contribution in [0, 0.1) is 0 Å². The Morgan fingerprint density at radius 2 is 0.867 bits per heavy atom. The lowest BCUT2D eigenvalue weighted by atomic mass is 10.4. The molecule has 0 bridgehead atoms. The average Bonchev–Trinajstić information content (AvgIpc) is 2.53. The smallest absolute Gasteiger partial charge is 0.324 e. The maximum absolute atomic E-state index is 11.1. The molecule has 0 saturated carbocycles. The van der Waals surface area contributed by atoms with Gasteiger partial charge in [-0.1, -0.05) is 0 Å². The molecule has 0 rings (SSSR count). The molecule has 0 amide bonds. The van der Waals surface area contributed by atoms with Crippen LogP contribution in [0.25, 0.3) is 0 Å². The summed E-state index contributed by atoms with van der Waals surface area (Å²) in [6.45, 7) is 10.6. The average molecular weight is 436 g/mol. The Bertz CT molecular complexity index is 621. The fraction of sp³-hybridized carbons (Fsp3) is 0.250. The van der Waals surface area contributed by atoms with Crippen molar-refractivity contribution < 1.29 is 68.0 Å². The van der Waals surface area contributed by atoms with E-state index >= 15 is 0 Å². The molecule has 0 radical (unpaired) electrons. The SMILES string of the molecule is C=C(O)OC(=C)OC(=O)CC(=O)OC(=C)OC(=C)O.O=C(CC(=O)OCO)OCO. The van der Waals surface area contributed by atoms with E-state index in [2.05, 4.69) is 54.7 Å². The van der Waals surface area contributed by atoms with Gasteiger partial charge >= 0.3 is 23.9 Å². The van der Waals surface area contributed by atoms with E-state index in [0.29, 0.717) is 0 Å². The number of carbonyl (C=O) groups is 4. The molecule has 0 fully saturated rings. The Kier molecular flexibility index (Phi) is 15.0. The second-order valence-corrected chi connectivity index (χ2v) is 4.33. The molecule has 0 aromatic rings. The fourth-order valence-corrected chi connectivity index (χ4v) is 1.11.